The Hall–Kier alpha value is -0.830. The van der Waals surface area contributed by atoms with Crippen molar-refractivity contribution in [3.63, 3.8) is 0 Å². The Balaban J connectivity index is 2.30. The molecule has 0 aliphatic carbocycles. The molecule has 0 saturated heterocycles. The minimum atomic E-state index is 0.227. The fourth-order valence-electron chi connectivity index (χ4n) is 0.633. The van der Waals surface area contributed by atoms with Crippen LogP contribution < -0.4 is 0 Å². The molecule has 0 aliphatic rings. The third-order valence-corrected chi connectivity index (χ3v) is 1.11. The number of aliphatic hydroxyl groups excluding tert-OH is 1. The standard InChI is InChI=1S/C6H9NO2/c8-3-1-2-6-4-7-9-5-6/h4-5,8H,1-3H2. The molecular weight excluding hydrogens is 118 g/mol. The van der Waals surface area contributed by atoms with Gasteiger partial charge in [0.05, 0.1) is 6.20 Å². The first-order valence-electron chi connectivity index (χ1n) is 2.92. The van der Waals surface area contributed by atoms with Crippen LogP contribution in [0.5, 0.6) is 0 Å². The van der Waals surface area contributed by atoms with Crippen LogP contribution in [0.3, 0.4) is 0 Å². The SMILES string of the molecule is OCCCc1cnoc1. The lowest BCUT2D eigenvalue weighted by atomic mass is 10.2. The topological polar surface area (TPSA) is 46.3 Å². The van der Waals surface area contributed by atoms with E-state index in [0.29, 0.717) is 0 Å². The van der Waals surface area contributed by atoms with E-state index in [4.69, 9.17) is 5.11 Å². The second kappa shape index (κ2) is 3.25. The van der Waals surface area contributed by atoms with E-state index in [0.717, 1.165) is 18.4 Å². The van der Waals surface area contributed by atoms with Crippen LogP contribution in [0.1, 0.15) is 12.0 Å². The van der Waals surface area contributed by atoms with Crippen molar-refractivity contribution in [1.29, 1.82) is 0 Å². The molecule has 9 heavy (non-hydrogen) atoms. The van der Waals surface area contributed by atoms with Crippen LogP contribution in [-0.4, -0.2) is 16.9 Å². The fourth-order valence-corrected chi connectivity index (χ4v) is 0.633. The monoisotopic (exact) mass is 127 g/mol. The van der Waals surface area contributed by atoms with Gasteiger partial charge in [-0.15, -0.1) is 0 Å². The Morgan fingerprint density at radius 3 is 3.11 bits per heavy atom. The minimum Gasteiger partial charge on any atom is -0.396 e. The van der Waals surface area contributed by atoms with E-state index >= 15 is 0 Å². The molecular formula is C6H9NO2. The van der Waals surface area contributed by atoms with Crippen LogP contribution in [0.2, 0.25) is 0 Å². The summed E-state index contributed by atoms with van der Waals surface area (Å²) in [4.78, 5) is 0. The molecule has 1 aromatic heterocycles. The number of rotatable bonds is 3. The summed E-state index contributed by atoms with van der Waals surface area (Å²) in [6.07, 6.45) is 4.88. The Labute approximate surface area is 53.3 Å². The van der Waals surface area contributed by atoms with Gasteiger partial charge < -0.3 is 9.63 Å². The normalized spacial score (nSPS) is 9.89. The van der Waals surface area contributed by atoms with Gasteiger partial charge in [0, 0.05) is 12.2 Å². The molecule has 50 valence electrons. The molecule has 0 radical (unpaired) electrons. The van der Waals surface area contributed by atoms with Gasteiger partial charge in [-0.2, -0.15) is 0 Å². The van der Waals surface area contributed by atoms with Gasteiger partial charge in [-0.3, -0.25) is 0 Å². The van der Waals surface area contributed by atoms with Gasteiger partial charge in [-0.25, -0.2) is 0 Å². The Morgan fingerprint density at radius 2 is 2.56 bits per heavy atom. The Kier molecular flexibility index (Phi) is 2.27. The first-order valence-corrected chi connectivity index (χ1v) is 2.92. The van der Waals surface area contributed by atoms with E-state index in [9.17, 15) is 0 Å². The molecule has 1 N–H and O–H groups in total. The summed E-state index contributed by atoms with van der Waals surface area (Å²) >= 11 is 0. The molecule has 3 nitrogen and oxygen atoms in total. The molecule has 0 aromatic carbocycles. The highest BCUT2D eigenvalue weighted by molar-refractivity contribution is 4.99. The highest BCUT2D eigenvalue weighted by atomic mass is 16.5. The molecule has 3 heteroatoms. The molecule has 0 spiro atoms. The van der Waals surface area contributed by atoms with Crippen molar-refractivity contribution in [1.82, 2.24) is 5.16 Å². The number of hydrogen-bond donors (Lipinski definition) is 1. The highest BCUT2D eigenvalue weighted by Gasteiger charge is 1.92. The maximum Gasteiger partial charge on any atom is 0.126 e. The molecule has 0 unspecified atom stereocenters. The molecule has 0 saturated carbocycles. The fraction of sp³-hybridized carbons (Fsp3) is 0.500. The van der Waals surface area contributed by atoms with E-state index < -0.39 is 0 Å². The summed E-state index contributed by atoms with van der Waals surface area (Å²) in [6.45, 7) is 0.227. The van der Waals surface area contributed by atoms with Crippen molar-refractivity contribution in [3.8, 4) is 0 Å². The van der Waals surface area contributed by atoms with Crippen molar-refractivity contribution in [2.24, 2.45) is 0 Å². The van der Waals surface area contributed by atoms with E-state index in [1.54, 1.807) is 12.5 Å². The van der Waals surface area contributed by atoms with Crippen molar-refractivity contribution < 1.29 is 9.63 Å². The molecule has 0 fully saturated rings. The largest absolute Gasteiger partial charge is 0.396 e. The van der Waals surface area contributed by atoms with Crippen molar-refractivity contribution in [3.05, 3.63) is 18.0 Å². The van der Waals surface area contributed by atoms with Crippen LogP contribution in [-0.2, 0) is 6.42 Å². The highest BCUT2D eigenvalue weighted by Crippen LogP contribution is 1.99. The van der Waals surface area contributed by atoms with Gasteiger partial charge in [0.1, 0.15) is 6.26 Å². The van der Waals surface area contributed by atoms with Gasteiger partial charge in [0.2, 0.25) is 0 Å². The summed E-state index contributed by atoms with van der Waals surface area (Å²) in [5.74, 6) is 0. The smallest absolute Gasteiger partial charge is 0.126 e. The van der Waals surface area contributed by atoms with Gasteiger partial charge in [0.25, 0.3) is 0 Å². The first kappa shape index (κ1) is 6.29. The Morgan fingerprint density at radius 1 is 1.67 bits per heavy atom. The van der Waals surface area contributed by atoms with E-state index in [-0.39, 0.29) is 6.61 Å². The number of aryl methyl sites for hydroxylation is 1. The Bertz CT molecular complexity index is 148. The number of aromatic nitrogens is 1. The van der Waals surface area contributed by atoms with Crippen LogP contribution in [0.25, 0.3) is 0 Å². The zero-order chi connectivity index (χ0) is 6.53. The van der Waals surface area contributed by atoms with Crippen LogP contribution >= 0.6 is 0 Å². The average Bonchev–Trinajstić information content (AvgIpc) is 2.34. The van der Waals surface area contributed by atoms with Crippen LogP contribution in [0, 0.1) is 0 Å². The number of nitrogens with zero attached hydrogens (tertiary/aromatic N) is 1. The van der Waals surface area contributed by atoms with Gasteiger partial charge >= 0.3 is 0 Å². The third-order valence-electron chi connectivity index (χ3n) is 1.11. The second-order valence-corrected chi connectivity index (χ2v) is 1.86. The summed E-state index contributed by atoms with van der Waals surface area (Å²) in [6, 6.07) is 0. The molecule has 1 rings (SSSR count). The maximum atomic E-state index is 8.41. The van der Waals surface area contributed by atoms with Crippen LogP contribution in [0.4, 0.5) is 0 Å². The van der Waals surface area contributed by atoms with E-state index in [2.05, 4.69) is 9.68 Å². The zero-order valence-electron chi connectivity index (χ0n) is 5.08. The quantitative estimate of drug-likeness (QED) is 0.646. The van der Waals surface area contributed by atoms with E-state index in [1.807, 2.05) is 0 Å². The summed E-state index contributed by atoms with van der Waals surface area (Å²) in [5.41, 5.74) is 1.05. The van der Waals surface area contributed by atoms with Gasteiger partial charge in [-0.05, 0) is 12.8 Å². The summed E-state index contributed by atoms with van der Waals surface area (Å²) in [5, 5.41) is 11.9. The first-order chi connectivity index (χ1) is 4.43. The zero-order valence-corrected chi connectivity index (χ0v) is 5.08. The van der Waals surface area contributed by atoms with E-state index in [1.165, 1.54) is 0 Å². The lowest BCUT2D eigenvalue weighted by Crippen LogP contribution is -1.85. The van der Waals surface area contributed by atoms with Crippen molar-refractivity contribution >= 4 is 0 Å². The lowest BCUT2D eigenvalue weighted by molar-refractivity contribution is 0.288. The lowest BCUT2D eigenvalue weighted by Gasteiger charge is -1.88. The average molecular weight is 127 g/mol. The second-order valence-electron chi connectivity index (χ2n) is 1.86. The summed E-state index contributed by atoms with van der Waals surface area (Å²) < 4.78 is 4.58. The molecule has 1 aromatic rings. The maximum absolute atomic E-state index is 8.41. The van der Waals surface area contributed by atoms with Crippen molar-refractivity contribution in [2.75, 3.05) is 6.61 Å². The third kappa shape index (κ3) is 1.85. The molecule has 0 amide bonds. The molecule has 0 bridgehead atoms. The van der Waals surface area contributed by atoms with Gasteiger partial charge in [-0.1, -0.05) is 5.16 Å². The van der Waals surface area contributed by atoms with Crippen molar-refractivity contribution in [2.45, 2.75) is 12.8 Å². The predicted octanol–water partition coefficient (Wildman–Crippen LogP) is 0.599. The minimum absolute atomic E-state index is 0.227. The number of hydrogen-bond acceptors (Lipinski definition) is 3. The summed E-state index contributed by atoms with van der Waals surface area (Å²) in [7, 11) is 0. The molecule has 0 aliphatic heterocycles. The van der Waals surface area contributed by atoms with Crippen LogP contribution in [0.15, 0.2) is 17.0 Å². The predicted molar refractivity (Wildman–Crippen MR) is 31.9 cm³/mol. The molecule has 1 heterocycles. The van der Waals surface area contributed by atoms with Gasteiger partial charge in [0.15, 0.2) is 0 Å². The molecule has 0 atom stereocenters. The number of aliphatic hydroxyl groups is 1.